The van der Waals surface area contributed by atoms with E-state index in [0.717, 1.165) is 12.8 Å². The SMILES string of the molecule is CC(CCCO)NC(=O)CC1(C(=O)O)CCCC1. The monoisotopic (exact) mass is 257 g/mol. The lowest BCUT2D eigenvalue weighted by atomic mass is 9.82. The number of hydrogen-bond donors (Lipinski definition) is 3. The van der Waals surface area contributed by atoms with E-state index < -0.39 is 11.4 Å². The Hall–Kier alpha value is -1.10. The van der Waals surface area contributed by atoms with Crippen molar-refractivity contribution < 1.29 is 19.8 Å². The molecule has 1 fully saturated rings. The van der Waals surface area contributed by atoms with Crippen LogP contribution in [0.3, 0.4) is 0 Å². The highest BCUT2D eigenvalue weighted by atomic mass is 16.4. The minimum atomic E-state index is -0.849. The highest BCUT2D eigenvalue weighted by Gasteiger charge is 2.42. The molecule has 0 aromatic rings. The molecule has 1 rings (SSSR count). The van der Waals surface area contributed by atoms with E-state index in [1.165, 1.54) is 0 Å². The van der Waals surface area contributed by atoms with Gasteiger partial charge in [-0.1, -0.05) is 12.8 Å². The van der Waals surface area contributed by atoms with Crippen LogP contribution in [-0.4, -0.2) is 34.7 Å². The number of carboxylic acid groups (broad SMARTS) is 1. The molecule has 1 unspecified atom stereocenters. The summed E-state index contributed by atoms with van der Waals surface area (Å²) in [6.07, 6.45) is 4.40. The number of rotatable bonds is 7. The molecule has 0 aromatic carbocycles. The number of aliphatic hydroxyl groups excluding tert-OH is 1. The van der Waals surface area contributed by atoms with Crippen LogP contribution in [0.25, 0.3) is 0 Å². The zero-order valence-corrected chi connectivity index (χ0v) is 10.9. The minimum absolute atomic E-state index is 0.0168. The molecule has 1 amide bonds. The Bertz CT molecular complexity index is 297. The van der Waals surface area contributed by atoms with Crippen molar-refractivity contribution in [3.8, 4) is 0 Å². The molecule has 0 aliphatic heterocycles. The van der Waals surface area contributed by atoms with Gasteiger partial charge in [0.15, 0.2) is 0 Å². The normalized spacial score (nSPS) is 19.4. The third-order valence-electron chi connectivity index (χ3n) is 3.72. The lowest BCUT2D eigenvalue weighted by Crippen LogP contribution is -2.39. The molecule has 5 heteroatoms. The number of amides is 1. The van der Waals surface area contributed by atoms with E-state index in [1.807, 2.05) is 6.92 Å². The summed E-state index contributed by atoms with van der Waals surface area (Å²) in [6, 6.07) is -0.0168. The van der Waals surface area contributed by atoms with E-state index in [9.17, 15) is 14.7 Å². The first kappa shape index (κ1) is 15.0. The van der Waals surface area contributed by atoms with Gasteiger partial charge in [0, 0.05) is 19.1 Å². The smallest absolute Gasteiger partial charge is 0.310 e. The Morgan fingerprint density at radius 3 is 2.44 bits per heavy atom. The molecule has 0 spiro atoms. The Balaban J connectivity index is 2.45. The molecule has 0 bridgehead atoms. The summed E-state index contributed by atoms with van der Waals surface area (Å²) in [5, 5.41) is 20.8. The first-order chi connectivity index (χ1) is 8.50. The van der Waals surface area contributed by atoms with Crippen molar-refractivity contribution in [3.63, 3.8) is 0 Å². The van der Waals surface area contributed by atoms with Crippen LogP contribution in [0.5, 0.6) is 0 Å². The molecular weight excluding hydrogens is 234 g/mol. The second-order valence-corrected chi connectivity index (χ2v) is 5.30. The fourth-order valence-electron chi connectivity index (χ4n) is 2.62. The highest BCUT2D eigenvalue weighted by Crippen LogP contribution is 2.41. The van der Waals surface area contributed by atoms with E-state index in [-0.39, 0.29) is 25.0 Å². The number of carbonyl (C=O) groups excluding carboxylic acids is 1. The first-order valence-corrected chi connectivity index (χ1v) is 6.64. The van der Waals surface area contributed by atoms with Crippen molar-refractivity contribution in [2.45, 2.75) is 57.9 Å². The maximum Gasteiger partial charge on any atom is 0.310 e. The van der Waals surface area contributed by atoms with Crippen molar-refractivity contribution >= 4 is 11.9 Å². The molecule has 1 aliphatic carbocycles. The lowest BCUT2D eigenvalue weighted by Gasteiger charge is -2.24. The Morgan fingerprint density at radius 2 is 1.94 bits per heavy atom. The molecule has 1 aliphatic rings. The lowest BCUT2D eigenvalue weighted by molar-refractivity contribution is -0.151. The predicted octanol–water partition coefficient (Wildman–Crippen LogP) is 1.30. The standard InChI is InChI=1S/C13H23NO4/c1-10(5-4-8-15)14-11(16)9-13(12(17)18)6-2-3-7-13/h10,15H,2-9H2,1H3,(H,14,16)(H,17,18). The van der Waals surface area contributed by atoms with E-state index in [1.54, 1.807) is 0 Å². The van der Waals surface area contributed by atoms with Crippen molar-refractivity contribution in [2.75, 3.05) is 6.61 Å². The molecule has 0 heterocycles. The fraction of sp³-hybridized carbons (Fsp3) is 0.846. The zero-order chi connectivity index (χ0) is 13.6. The number of aliphatic hydroxyl groups is 1. The topological polar surface area (TPSA) is 86.6 Å². The summed E-state index contributed by atoms with van der Waals surface area (Å²) >= 11 is 0. The van der Waals surface area contributed by atoms with Crippen LogP contribution < -0.4 is 5.32 Å². The number of nitrogens with one attached hydrogen (secondary N) is 1. The first-order valence-electron chi connectivity index (χ1n) is 6.64. The molecule has 104 valence electrons. The van der Waals surface area contributed by atoms with Gasteiger partial charge in [-0.05, 0) is 32.6 Å². The maximum absolute atomic E-state index is 11.8. The Morgan fingerprint density at radius 1 is 1.33 bits per heavy atom. The van der Waals surface area contributed by atoms with Crippen molar-refractivity contribution in [1.29, 1.82) is 0 Å². The third-order valence-corrected chi connectivity index (χ3v) is 3.72. The second kappa shape index (κ2) is 6.73. The molecule has 3 N–H and O–H groups in total. The maximum atomic E-state index is 11.8. The second-order valence-electron chi connectivity index (χ2n) is 5.30. The molecule has 18 heavy (non-hydrogen) atoms. The van der Waals surface area contributed by atoms with E-state index >= 15 is 0 Å². The molecular formula is C13H23NO4. The van der Waals surface area contributed by atoms with Crippen molar-refractivity contribution in [3.05, 3.63) is 0 Å². The van der Waals surface area contributed by atoms with Crippen molar-refractivity contribution in [1.82, 2.24) is 5.32 Å². The van der Waals surface area contributed by atoms with Gasteiger partial charge in [0.25, 0.3) is 0 Å². The van der Waals surface area contributed by atoms with Crippen LogP contribution in [0, 0.1) is 5.41 Å². The van der Waals surface area contributed by atoms with Gasteiger partial charge in [-0.15, -0.1) is 0 Å². The van der Waals surface area contributed by atoms with Crippen LogP contribution in [0.1, 0.15) is 51.9 Å². The number of aliphatic carboxylic acids is 1. The number of hydrogen-bond acceptors (Lipinski definition) is 3. The van der Waals surface area contributed by atoms with Crippen LogP contribution in [0.2, 0.25) is 0 Å². The quantitative estimate of drug-likeness (QED) is 0.641. The van der Waals surface area contributed by atoms with Crippen LogP contribution in [0.4, 0.5) is 0 Å². The molecule has 1 saturated carbocycles. The van der Waals surface area contributed by atoms with Gasteiger partial charge in [0.2, 0.25) is 5.91 Å². The van der Waals surface area contributed by atoms with Gasteiger partial charge in [-0.3, -0.25) is 9.59 Å². The summed E-state index contributed by atoms with van der Waals surface area (Å²) in [5.41, 5.74) is -0.846. The van der Waals surface area contributed by atoms with Gasteiger partial charge < -0.3 is 15.5 Å². The summed E-state index contributed by atoms with van der Waals surface area (Å²) in [5.74, 6) is -1.04. The molecule has 0 aromatic heterocycles. The molecule has 0 radical (unpaired) electrons. The summed E-state index contributed by atoms with van der Waals surface area (Å²) in [4.78, 5) is 23.1. The van der Waals surface area contributed by atoms with Crippen molar-refractivity contribution in [2.24, 2.45) is 5.41 Å². The average molecular weight is 257 g/mol. The average Bonchev–Trinajstić information content (AvgIpc) is 2.75. The molecule has 0 saturated heterocycles. The largest absolute Gasteiger partial charge is 0.481 e. The fourth-order valence-corrected chi connectivity index (χ4v) is 2.62. The van der Waals surface area contributed by atoms with E-state index in [2.05, 4.69) is 5.32 Å². The van der Waals surface area contributed by atoms with Crippen LogP contribution in [0.15, 0.2) is 0 Å². The van der Waals surface area contributed by atoms with E-state index in [4.69, 9.17) is 5.11 Å². The van der Waals surface area contributed by atoms with Gasteiger partial charge >= 0.3 is 5.97 Å². The summed E-state index contributed by atoms with van der Waals surface area (Å²) in [6.45, 7) is 1.98. The summed E-state index contributed by atoms with van der Waals surface area (Å²) < 4.78 is 0. The van der Waals surface area contributed by atoms with E-state index in [0.29, 0.717) is 25.7 Å². The molecule has 1 atom stereocenters. The summed E-state index contributed by atoms with van der Waals surface area (Å²) in [7, 11) is 0. The molecule has 5 nitrogen and oxygen atoms in total. The third kappa shape index (κ3) is 3.98. The highest BCUT2D eigenvalue weighted by molar-refractivity contribution is 5.85. The van der Waals surface area contributed by atoms with Gasteiger partial charge in [-0.2, -0.15) is 0 Å². The Kier molecular flexibility index (Phi) is 5.59. The Labute approximate surface area is 108 Å². The zero-order valence-electron chi connectivity index (χ0n) is 10.9. The number of carbonyl (C=O) groups is 2. The van der Waals surface area contributed by atoms with Gasteiger partial charge in [0.1, 0.15) is 0 Å². The minimum Gasteiger partial charge on any atom is -0.481 e. The predicted molar refractivity (Wildman–Crippen MR) is 67.1 cm³/mol. The van der Waals surface area contributed by atoms with Gasteiger partial charge in [0.05, 0.1) is 5.41 Å². The van der Waals surface area contributed by atoms with Gasteiger partial charge in [-0.25, -0.2) is 0 Å². The van der Waals surface area contributed by atoms with Crippen LogP contribution in [-0.2, 0) is 9.59 Å². The van der Waals surface area contributed by atoms with Crippen LogP contribution >= 0.6 is 0 Å². The number of carboxylic acids is 1.